The fraction of sp³-hybridized carbons (Fsp3) is 0.364. The van der Waals surface area contributed by atoms with Crippen LogP contribution in [0.4, 0.5) is 0 Å². The third kappa shape index (κ3) is 7.89. The van der Waals surface area contributed by atoms with Gasteiger partial charge in [-0.2, -0.15) is 0 Å². The maximum Gasteiger partial charge on any atom is 0.251 e. The molecule has 2 aromatic rings. The predicted octanol–water partition coefficient (Wildman–Crippen LogP) is 2.74. The van der Waals surface area contributed by atoms with Crippen LogP contribution in [0.3, 0.4) is 0 Å². The number of hydrogen-bond acceptors (Lipinski definition) is 7. The van der Waals surface area contributed by atoms with E-state index < -0.39 is 17.9 Å². The molecule has 0 aliphatic heterocycles. The van der Waals surface area contributed by atoms with E-state index >= 15 is 0 Å². The number of benzene rings is 2. The van der Waals surface area contributed by atoms with Crippen molar-refractivity contribution in [1.82, 2.24) is 10.8 Å². The number of carbonyl (C=O) groups excluding carboxylic acids is 2. The lowest BCUT2D eigenvalue weighted by molar-refractivity contribution is -0.133. The maximum absolute atomic E-state index is 12.6. The highest BCUT2D eigenvalue weighted by Crippen LogP contribution is 2.24. The summed E-state index contributed by atoms with van der Waals surface area (Å²) in [4.78, 5) is 24.2. The van der Waals surface area contributed by atoms with Crippen molar-refractivity contribution in [3.05, 3.63) is 54.1 Å². The van der Waals surface area contributed by atoms with Crippen molar-refractivity contribution >= 4 is 11.8 Å². The lowest BCUT2D eigenvalue weighted by Gasteiger charge is -2.21. The molecule has 0 heterocycles. The van der Waals surface area contributed by atoms with E-state index in [1.54, 1.807) is 68.0 Å². The summed E-state index contributed by atoms with van der Waals surface area (Å²) in [6.07, 6.45) is 0.278. The van der Waals surface area contributed by atoms with Crippen LogP contribution in [0, 0.1) is 5.92 Å². The molecule has 2 aromatic carbocycles. The predicted molar refractivity (Wildman–Crippen MR) is 112 cm³/mol. The zero-order valence-electron chi connectivity index (χ0n) is 17.8. The molecule has 0 spiro atoms. The first kappa shape index (κ1) is 24.1. The fourth-order valence-electron chi connectivity index (χ4n) is 2.81. The zero-order valence-corrected chi connectivity index (χ0v) is 17.8. The Kier molecular flexibility index (Phi) is 9.76. The van der Waals surface area contributed by atoms with Gasteiger partial charge in [0, 0.05) is 18.6 Å². The van der Waals surface area contributed by atoms with Crippen molar-refractivity contribution in [2.24, 2.45) is 5.92 Å². The van der Waals surface area contributed by atoms with E-state index in [1.165, 1.54) is 7.11 Å². The number of rotatable bonds is 12. The Morgan fingerprint density at radius 3 is 2.10 bits per heavy atom. The molecule has 0 radical (unpaired) electrons. The molecule has 0 aliphatic carbocycles. The second kappa shape index (κ2) is 12.5. The molecule has 2 atom stereocenters. The highest BCUT2D eigenvalue weighted by Gasteiger charge is 2.21. The van der Waals surface area contributed by atoms with Gasteiger partial charge in [-0.05, 0) is 55.0 Å². The van der Waals surface area contributed by atoms with Crippen molar-refractivity contribution in [2.75, 3.05) is 27.6 Å². The summed E-state index contributed by atoms with van der Waals surface area (Å²) < 4.78 is 21.1. The van der Waals surface area contributed by atoms with Gasteiger partial charge < -0.3 is 24.3 Å². The monoisotopic (exact) mass is 432 g/mol. The van der Waals surface area contributed by atoms with Crippen LogP contribution in [-0.2, 0) is 14.3 Å². The number of methoxy groups -OCH3 is 2. The lowest BCUT2D eigenvalue weighted by Crippen LogP contribution is -2.41. The van der Waals surface area contributed by atoms with Gasteiger partial charge in [0.25, 0.3) is 5.91 Å². The molecule has 0 aliphatic rings. The topological polar surface area (TPSA) is 115 Å². The smallest absolute Gasteiger partial charge is 0.251 e. The van der Waals surface area contributed by atoms with Crippen molar-refractivity contribution in [3.8, 4) is 17.2 Å². The summed E-state index contributed by atoms with van der Waals surface area (Å²) in [5.41, 5.74) is 2.05. The number of hydrogen-bond donors (Lipinski definition) is 3. The molecule has 168 valence electrons. The highest BCUT2D eigenvalue weighted by atomic mass is 16.7. The van der Waals surface area contributed by atoms with Crippen LogP contribution in [-0.4, -0.2) is 50.7 Å². The maximum atomic E-state index is 12.6. The van der Waals surface area contributed by atoms with Crippen LogP contribution in [0.1, 0.15) is 23.7 Å². The lowest BCUT2D eigenvalue weighted by atomic mass is 10.0. The van der Waals surface area contributed by atoms with Gasteiger partial charge in [-0.1, -0.05) is 6.92 Å². The molecule has 9 nitrogen and oxygen atoms in total. The molecule has 31 heavy (non-hydrogen) atoms. The first-order chi connectivity index (χ1) is 15.0. The van der Waals surface area contributed by atoms with E-state index in [1.807, 2.05) is 0 Å². The average molecular weight is 432 g/mol. The molecule has 2 unspecified atom stereocenters. The molecule has 9 heteroatoms. The Morgan fingerprint density at radius 2 is 1.55 bits per heavy atom. The van der Waals surface area contributed by atoms with Crippen LogP contribution >= 0.6 is 0 Å². The Balaban J connectivity index is 1.98. The molecule has 0 bridgehead atoms. The van der Waals surface area contributed by atoms with Gasteiger partial charge >= 0.3 is 0 Å². The van der Waals surface area contributed by atoms with E-state index in [9.17, 15) is 9.59 Å². The fourth-order valence-corrected chi connectivity index (χ4v) is 2.81. The minimum absolute atomic E-state index is 0.0599. The van der Waals surface area contributed by atoms with Crippen LogP contribution in [0.5, 0.6) is 17.2 Å². The molecule has 0 saturated carbocycles. The van der Waals surface area contributed by atoms with Crippen molar-refractivity contribution in [1.29, 1.82) is 0 Å². The zero-order chi connectivity index (χ0) is 22.6. The first-order valence-electron chi connectivity index (χ1n) is 9.70. The number of ether oxygens (including phenoxy) is 4. The second-order valence-corrected chi connectivity index (χ2v) is 6.86. The minimum Gasteiger partial charge on any atom is -0.497 e. The van der Waals surface area contributed by atoms with Crippen LogP contribution in [0.25, 0.3) is 0 Å². The summed E-state index contributed by atoms with van der Waals surface area (Å²) in [6.45, 7) is 1.86. The SMILES string of the molecule is COCOCC(CC(C)C(=O)NO)NC(=O)c1ccc(Oc2ccc(OC)cc2)cc1. The molecule has 2 rings (SSSR count). The molecule has 2 amide bonds. The van der Waals surface area contributed by atoms with Crippen LogP contribution in [0.2, 0.25) is 0 Å². The largest absolute Gasteiger partial charge is 0.497 e. The van der Waals surface area contributed by atoms with Gasteiger partial charge in [0.1, 0.15) is 24.0 Å². The summed E-state index contributed by atoms with van der Waals surface area (Å²) in [7, 11) is 3.08. The highest BCUT2D eigenvalue weighted by molar-refractivity contribution is 5.94. The van der Waals surface area contributed by atoms with Crippen LogP contribution < -0.4 is 20.3 Å². The van der Waals surface area contributed by atoms with Crippen molar-refractivity contribution in [2.45, 2.75) is 19.4 Å². The normalized spacial score (nSPS) is 12.5. The standard InChI is InChI=1S/C22H28N2O7/c1-15(21(25)24-27)12-17(13-30-14-28-2)23-22(26)16-4-6-19(7-5-16)31-20-10-8-18(29-3)9-11-20/h4-11,15,17,27H,12-14H2,1-3H3,(H,23,26)(H,24,25). The molecule has 3 N–H and O–H groups in total. The number of carbonyl (C=O) groups is 2. The molecular weight excluding hydrogens is 404 g/mol. The third-order valence-electron chi connectivity index (χ3n) is 4.46. The van der Waals surface area contributed by atoms with Gasteiger partial charge in [0.05, 0.1) is 19.8 Å². The summed E-state index contributed by atoms with van der Waals surface area (Å²) in [5, 5.41) is 11.6. The number of amides is 2. The molecular formula is C22H28N2O7. The van der Waals surface area contributed by atoms with Crippen molar-refractivity contribution < 1.29 is 33.7 Å². The first-order valence-corrected chi connectivity index (χ1v) is 9.70. The Hall–Kier alpha value is -3.14. The Labute approximate surface area is 181 Å². The molecule has 0 aromatic heterocycles. The van der Waals surface area contributed by atoms with E-state index in [-0.39, 0.29) is 25.7 Å². The number of hydroxylamine groups is 1. The Morgan fingerprint density at radius 1 is 0.968 bits per heavy atom. The molecule has 0 saturated heterocycles. The number of nitrogens with one attached hydrogen (secondary N) is 2. The van der Waals surface area contributed by atoms with E-state index in [4.69, 9.17) is 24.2 Å². The van der Waals surface area contributed by atoms with E-state index in [0.717, 1.165) is 5.75 Å². The minimum atomic E-state index is -0.536. The van der Waals surface area contributed by atoms with E-state index in [2.05, 4.69) is 5.32 Å². The van der Waals surface area contributed by atoms with Gasteiger partial charge in [-0.15, -0.1) is 0 Å². The second-order valence-electron chi connectivity index (χ2n) is 6.86. The Bertz CT molecular complexity index is 825. The summed E-state index contributed by atoms with van der Waals surface area (Å²) in [5.74, 6) is 0.569. The molecule has 0 fully saturated rings. The van der Waals surface area contributed by atoms with Gasteiger partial charge in [-0.25, -0.2) is 5.48 Å². The summed E-state index contributed by atoms with van der Waals surface area (Å²) >= 11 is 0. The average Bonchev–Trinajstić information content (AvgIpc) is 2.79. The van der Waals surface area contributed by atoms with E-state index in [0.29, 0.717) is 17.1 Å². The quantitative estimate of drug-likeness (QED) is 0.204. The van der Waals surface area contributed by atoms with Gasteiger partial charge in [0.2, 0.25) is 5.91 Å². The van der Waals surface area contributed by atoms with Crippen molar-refractivity contribution in [3.63, 3.8) is 0 Å². The summed E-state index contributed by atoms with van der Waals surface area (Å²) in [6, 6.07) is 13.4. The van der Waals surface area contributed by atoms with Gasteiger partial charge in [0.15, 0.2) is 0 Å². The van der Waals surface area contributed by atoms with Crippen LogP contribution in [0.15, 0.2) is 48.5 Å². The van der Waals surface area contributed by atoms with Gasteiger partial charge in [-0.3, -0.25) is 14.8 Å². The third-order valence-corrected chi connectivity index (χ3v) is 4.46.